The Morgan fingerprint density at radius 1 is 1.26 bits per heavy atom. The number of ether oxygens (including phenoxy) is 1. The van der Waals surface area contributed by atoms with Crippen LogP contribution in [0.25, 0.3) is 0 Å². The van der Waals surface area contributed by atoms with Crippen LogP contribution in [0.1, 0.15) is 55.4 Å². The molecule has 1 atom stereocenters. The second-order valence-corrected chi connectivity index (χ2v) is 8.63. The Kier molecular flexibility index (Phi) is 4.64. The normalized spacial score (nSPS) is 28.5. The number of hydrogen-bond acceptors (Lipinski definition) is 4. The van der Waals surface area contributed by atoms with Gasteiger partial charge in [0.15, 0.2) is 0 Å². The Bertz CT molecular complexity index is 491. The first-order chi connectivity index (χ1) is 10.3. The fourth-order valence-electron chi connectivity index (χ4n) is 2.70. The van der Waals surface area contributed by atoms with Gasteiger partial charge in [-0.05, 0) is 54.4 Å². The summed E-state index contributed by atoms with van der Waals surface area (Å²) in [6, 6.07) is 0. The highest BCUT2D eigenvalue weighted by molar-refractivity contribution is 6.51. The first kappa shape index (κ1) is 18.3. The molecule has 0 aromatic rings. The number of carbonyl (C=O) groups excluding carboxylic acids is 1. The van der Waals surface area contributed by atoms with Crippen molar-refractivity contribution >= 4 is 13.2 Å². The zero-order valence-corrected chi connectivity index (χ0v) is 15.7. The zero-order chi connectivity index (χ0) is 17.6. The van der Waals surface area contributed by atoms with E-state index in [-0.39, 0.29) is 30.3 Å². The lowest BCUT2D eigenvalue weighted by Gasteiger charge is -2.32. The number of amides is 1. The SMILES string of the molecule is CC1CN(C(=O)OC(C)(C)C)C/C1=C\B1OC(C)(C)C(C)(C)O1. The van der Waals surface area contributed by atoms with E-state index < -0.39 is 5.60 Å². The summed E-state index contributed by atoms with van der Waals surface area (Å²) in [5, 5.41) is 0. The highest BCUT2D eigenvalue weighted by Gasteiger charge is 2.50. The molecule has 23 heavy (non-hydrogen) atoms. The van der Waals surface area contributed by atoms with Gasteiger partial charge in [-0.25, -0.2) is 4.79 Å². The van der Waals surface area contributed by atoms with E-state index in [0.717, 1.165) is 5.57 Å². The predicted molar refractivity (Wildman–Crippen MR) is 91.1 cm³/mol. The lowest BCUT2D eigenvalue weighted by atomic mass is 9.84. The van der Waals surface area contributed by atoms with E-state index in [9.17, 15) is 4.79 Å². The summed E-state index contributed by atoms with van der Waals surface area (Å²) in [4.78, 5) is 14.0. The molecule has 0 spiro atoms. The lowest BCUT2D eigenvalue weighted by molar-refractivity contribution is 0.00578. The molecule has 0 aromatic carbocycles. The average Bonchev–Trinajstić information content (AvgIpc) is 2.76. The molecule has 1 amide bonds. The Morgan fingerprint density at radius 2 is 1.78 bits per heavy atom. The Labute approximate surface area is 140 Å². The van der Waals surface area contributed by atoms with Crippen molar-refractivity contribution in [1.82, 2.24) is 4.90 Å². The van der Waals surface area contributed by atoms with Crippen molar-refractivity contribution in [2.75, 3.05) is 13.1 Å². The standard InChI is InChI=1S/C17H30BNO4/c1-12-10-19(14(20)21-15(2,3)4)11-13(12)9-18-22-16(5,6)17(7,8)23-18/h9,12H,10-11H2,1-8H3/b13-9+. The van der Waals surface area contributed by atoms with Crippen LogP contribution in [-0.4, -0.2) is 48.0 Å². The van der Waals surface area contributed by atoms with Crippen LogP contribution in [0.4, 0.5) is 4.79 Å². The van der Waals surface area contributed by atoms with E-state index in [1.54, 1.807) is 4.90 Å². The second kappa shape index (κ2) is 5.81. The van der Waals surface area contributed by atoms with Crippen molar-refractivity contribution in [3.05, 3.63) is 11.5 Å². The molecule has 2 fully saturated rings. The summed E-state index contributed by atoms with van der Waals surface area (Å²) in [5.74, 6) is 2.30. The predicted octanol–water partition coefficient (Wildman–Crippen LogP) is 3.43. The van der Waals surface area contributed by atoms with Crippen molar-refractivity contribution in [3.63, 3.8) is 0 Å². The largest absolute Gasteiger partial charge is 0.487 e. The third kappa shape index (κ3) is 4.10. The first-order valence-corrected chi connectivity index (χ1v) is 8.35. The van der Waals surface area contributed by atoms with Crippen molar-refractivity contribution < 1.29 is 18.8 Å². The number of hydrogen-bond donors (Lipinski definition) is 0. The Balaban J connectivity index is 2.04. The Hall–Kier alpha value is -1.01. The first-order valence-electron chi connectivity index (χ1n) is 8.35. The Morgan fingerprint density at radius 3 is 2.26 bits per heavy atom. The molecule has 130 valence electrons. The van der Waals surface area contributed by atoms with E-state index in [1.165, 1.54) is 0 Å². The van der Waals surface area contributed by atoms with Gasteiger partial charge in [0, 0.05) is 13.1 Å². The molecule has 0 aromatic heterocycles. The molecule has 0 radical (unpaired) electrons. The van der Waals surface area contributed by atoms with Crippen LogP contribution in [0.5, 0.6) is 0 Å². The molecule has 0 bridgehead atoms. The van der Waals surface area contributed by atoms with Crippen LogP contribution in [0.15, 0.2) is 11.5 Å². The third-order valence-electron chi connectivity index (χ3n) is 4.77. The van der Waals surface area contributed by atoms with E-state index in [2.05, 4.69) is 6.92 Å². The van der Waals surface area contributed by atoms with Gasteiger partial charge in [-0.3, -0.25) is 0 Å². The fourth-order valence-corrected chi connectivity index (χ4v) is 2.70. The van der Waals surface area contributed by atoms with Gasteiger partial charge in [-0.15, -0.1) is 0 Å². The lowest BCUT2D eigenvalue weighted by Crippen LogP contribution is -2.41. The molecule has 2 rings (SSSR count). The molecule has 6 heteroatoms. The summed E-state index contributed by atoms with van der Waals surface area (Å²) >= 11 is 0. The highest BCUT2D eigenvalue weighted by atomic mass is 16.7. The van der Waals surface area contributed by atoms with Gasteiger partial charge >= 0.3 is 13.2 Å². The molecule has 0 saturated carbocycles. The van der Waals surface area contributed by atoms with E-state index >= 15 is 0 Å². The van der Waals surface area contributed by atoms with Crippen LogP contribution in [0.2, 0.25) is 0 Å². The van der Waals surface area contributed by atoms with E-state index in [4.69, 9.17) is 14.0 Å². The molecule has 2 heterocycles. The van der Waals surface area contributed by atoms with Gasteiger partial charge in [-0.2, -0.15) is 0 Å². The molecule has 2 aliphatic heterocycles. The minimum Gasteiger partial charge on any atom is -0.444 e. The number of rotatable bonds is 1. The third-order valence-corrected chi connectivity index (χ3v) is 4.77. The number of carbonyl (C=O) groups is 1. The fraction of sp³-hybridized carbons (Fsp3) is 0.824. The molecule has 5 nitrogen and oxygen atoms in total. The van der Waals surface area contributed by atoms with Gasteiger partial charge in [0.05, 0.1) is 11.2 Å². The molecular formula is C17H30BNO4. The van der Waals surface area contributed by atoms with Crippen molar-refractivity contribution in [2.45, 2.75) is 72.2 Å². The van der Waals surface area contributed by atoms with Crippen LogP contribution in [-0.2, 0) is 14.0 Å². The van der Waals surface area contributed by atoms with Gasteiger partial charge in [0.25, 0.3) is 0 Å². The van der Waals surface area contributed by atoms with Crippen LogP contribution < -0.4 is 0 Å². The number of likely N-dealkylation sites (tertiary alicyclic amines) is 1. The van der Waals surface area contributed by atoms with Crippen molar-refractivity contribution in [3.8, 4) is 0 Å². The summed E-state index contributed by atoms with van der Waals surface area (Å²) in [6.45, 7) is 17.1. The van der Waals surface area contributed by atoms with Gasteiger partial charge in [0.2, 0.25) is 0 Å². The molecule has 0 N–H and O–H groups in total. The van der Waals surface area contributed by atoms with Gasteiger partial charge in [0.1, 0.15) is 5.60 Å². The summed E-state index contributed by atoms with van der Waals surface area (Å²) in [5.41, 5.74) is -0.00388. The highest BCUT2D eigenvalue weighted by Crippen LogP contribution is 2.38. The van der Waals surface area contributed by atoms with Gasteiger partial charge in [-0.1, -0.05) is 18.5 Å². The second-order valence-electron chi connectivity index (χ2n) is 8.63. The van der Waals surface area contributed by atoms with E-state index in [0.29, 0.717) is 13.1 Å². The van der Waals surface area contributed by atoms with Crippen LogP contribution in [0.3, 0.4) is 0 Å². The summed E-state index contributed by atoms with van der Waals surface area (Å²) < 4.78 is 17.5. The monoisotopic (exact) mass is 323 g/mol. The topological polar surface area (TPSA) is 48.0 Å². The van der Waals surface area contributed by atoms with Gasteiger partial charge < -0.3 is 18.9 Å². The molecule has 2 aliphatic rings. The number of nitrogens with zero attached hydrogens (tertiary/aromatic N) is 1. The smallest absolute Gasteiger partial charge is 0.444 e. The van der Waals surface area contributed by atoms with Crippen LogP contribution in [0, 0.1) is 5.92 Å². The quantitative estimate of drug-likeness (QED) is 0.694. The maximum absolute atomic E-state index is 12.2. The molecule has 1 unspecified atom stereocenters. The maximum Gasteiger partial charge on any atom is 0.487 e. The van der Waals surface area contributed by atoms with Crippen molar-refractivity contribution in [2.24, 2.45) is 5.92 Å². The molecule has 0 aliphatic carbocycles. The minimum absolute atomic E-state index is 0.262. The molecular weight excluding hydrogens is 293 g/mol. The zero-order valence-electron chi connectivity index (χ0n) is 15.7. The van der Waals surface area contributed by atoms with Crippen LogP contribution >= 0.6 is 0 Å². The minimum atomic E-state index is -0.474. The average molecular weight is 323 g/mol. The summed E-state index contributed by atoms with van der Waals surface area (Å²) in [6.07, 6.45) is -0.262. The summed E-state index contributed by atoms with van der Waals surface area (Å²) in [7, 11) is -0.365. The maximum atomic E-state index is 12.2. The van der Waals surface area contributed by atoms with Crippen molar-refractivity contribution in [1.29, 1.82) is 0 Å². The molecule has 2 saturated heterocycles. The van der Waals surface area contributed by atoms with E-state index in [1.807, 2.05) is 54.4 Å².